The van der Waals surface area contributed by atoms with E-state index in [1.54, 1.807) is 12.1 Å². The number of morpholine rings is 1. The van der Waals surface area contributed by atoms with Gasteiger partial charge in [0.15, 0.2) is 11.5 Å². The number of nitrogens with one attached hydrogen (secondary N) is 1. The van der Waals surface area contributed by atoms with Crippen molar-refractivity contribution < 1.29 is 9.13 Å². The summed E-state index contributed by atoms with van der Waals surface area (Å²) in [6.45, 7) is 10.3. The Balaban J connectivity index is 1.46. The third kappa shape index (κ3) is 6.79. The number of benzene rings is 1. The predicted molar refractivity (Wildman–Crippen MR) is 158 cm³/mol. The first-order valence-electron chi connectivity index (χ1n) is 14.3. The average molecular weight is 565 g/mol. The monoisotopic (exact) mass is 564 g/mol. The van der Waals surface area contributed by atoms with Gasteiger partial charge in [-0.05, 0) is 54.7 Å². The van der Waals surface area contributed by atoms with E-state index in [2.05, 4.69) is 30.1 Å². The van der Waals surface area contributed by atoms with Crippen molar-refractivity contribution in [2.24, 2.45) is 0 Å². The lowest BCUT2D eigenvalue weighted by atomic mass is 9.96. The molecule has 212 valence electrons. The Morgan fingerprint density at radius 1 is 1.07 bits per heavy atom. The molecule has 1 saturated heterocycles. The lowest BCUT2D eigenvalue weighted by Crippen LogP contribution is -2.35. The molecule has 0 saturated carbocycles. The molecule has 1 aliphatic rings. The molecular weight excluding hydrogens is 527 g/mol. The number of imidazole rings is 1. The van der Waals surface area contributed by atoms with Crippen LogP contribution in [0.2, 0.25) is 5.02 Å². The van der Waals surface area contributed by atoms with E-state index >= 15 is 0 Å². The maximum absolute atomic E-state index is 14.7. The van der Waals surface area contributed by atoms with Crippen molar-refractivity contribution in [2.45, 2.75) is 65.3 Å². The number of anilines is 2. The highest BCUT2D eigenvalue weighted by atomic mass is 35.5. The third-order valence-electron chi connectivity index (χ3n) is 7.68. The number of hydrogen-bond donors (Lipinski definition) is 1. The van der Waals surface area contributed by atoms with Gasteiger partial charge < -0.3 is 10.1 Å². The summed E-state index contributed by atoms with van der Waals surface area (Å²) in [5, 5.41) is 8.69. The number of pyridine rings is 1. The molecule has 9 heteroatoms. The smallest absolute Gasteiger partial charge is 0.158 e. The molecule has 4 aromatic rings. The number of ether oxygens (including phenoxy) is 1. The molecule has 0 amide bonds. The number of hydrogen-bond acceptors (Lipinski definition) is 6. The summed E-state index contributed by atoms with van der Waals surface area (Å²) >= 11 is 5.99. The van der Waals surface area contributed by atoms with Crippen molar-refractivity contribution in [3.63, 3.8) is 0 Å². The van der Waals surface area contributed by atoms with Gasteiger partial charge in [-0.25, -0.2) is 18.9 Å². The highest BCUT2D eigenvalue weighted by Crippen LogP contribution is 2.26. The van der Waals surface area contributed by atoms with E-state index in [0.29, 0.717) is 42.0 Å². The molecule has 0 aliphatic carbocycles. The maximum Gasteiger partial charge on any atom is 0.158 e. The third-order valence-corrected chi connectivity index (χ3v) is 7.91. The first-order valence-corrected chi connectivity index (χ1v) is 14.6. The summed E-state index contributed by atoms with van der Waals surface area (Å²) in [6.07, 6.45) is 7.21. The van der Waals surface area contributed by atoms with Crippen molar-refractivity contribution in [1.82, 2.24) is 24.5 Å². The molecule has 7 nitrogen and oxygen atoms in total. The fourth-order valence-electron chi connectivity index (χ4n) is 5.23. The van der Waals surface area contributed by atoms with Gasteiger partial charge in [0.1, 0.15) is 11.6 Å². The van der Waals surface area contributed by atoms with Crippen LogP contribution in [0, 0.1) is 12.7 Å². The molecule has 1 N–H and O–H groups in total. The molecule has 1 aromatic carbocycles. The number of nitrogens with zero attached hydrogens (tertiary/aromatic N) is 5. The number of unbranched alkanes of at least 4 members (excludes halogenated alkanes) is 2. The predicted octanol–water partition coefficient (Wildman–Crippen LogP) is 7.08. The van der Waals surface area contributed by atoms with Crippen LogP contribution in [0.3, 0.4) is 0 Å². The summed E-state index contributed by atoms with van der Waals surface area (Å²) in [6, 6.07) is 11.0. The Kier molecular flexibility index (Phi) is 9.29. The van der Waals surface area contributed by atoms with Gasteiger partial charge in [0, 0.05) is 42.8 Å². The topological polar surface area (TPSA) is 67.6 Å². The SMILES string of the molecule is CCCCCC(C)c1ccc(Nc2cc(CN3CCOCC3)c3nc(C)c(Cc4ccc(Cl)cc4F)n3n2)nc1. The van der Waals surface area contributed by atoms with E-state index in [9.17, 15) is 4.39 Å². The molecule has 1 unspecified atom stereocenters. The lowest BCUT2D eigenvalue weighted by Gasteiger charge is -2.26. The number of fused-ring (bicyclic) bond motifs is 1. The molecule has 1 atom stereocenters. The second-order valence-corrected chi connectivity index (χ2v) is 11.2. The zero-order valence-corrected chi connectivity index (χ0v) is 24.3. The van der Waals surface area contributed by atoms with E-state index in [-0.39, 0.29) is 5.82 Å². The zero-order chi connectivity index (χ0) is 28.1. The summed E-state index contributed by atoms with van der Waals surface area (Å²) in [4.78, 5) is 11.9. The van der Waals surface area contributed by atoms with Crippen LogP contribution in [0.4, 0.5) is 16.0 Å². The second-order valence-electron chi connectivity index (χ2n) is 10.7. The molecule has 4 heterocycles. The summed E-state index contributed by atoms with van der Waals surface area (Å²) in [7, 11) is 0. The molecule has 0 radical (unpaired) electrons. The highest BCUT2D eigenvalue weighted by molar-refractivity contribution is 6.30. The van der Waals surface area contributed by atoms with Gasteiger partial charge in [-0.15, -0.1) is 5.10 Å². The quantitative estimate of drug-likeness (QED) is 0.196. The van der Waals surface area contributed by atoms with Gasteiger partial charge in [0.25, 0.3) is 0 Å². The van der Waals surface area contributed by atoms with Crippen LogP contribution in [-0.2, 0) is 17.7 Å². The first kappa shape index (κ1) is 28.5. The fraction of sp³-hybridized carbons (Fsp3) is 0.452. The van der Waals surface area contributed by atoms with Crippen LogP contribution in [0.15, 0.2) is 42.6 Å². The van der Waals surface area contributed by atoms with Gasteiger partial charge in [-0.1, -0.05) is 56.8 Å². The molecule has 3 aromatic heterocycles. The molecule has 1 fully saturated rings. The molecule has 0 bridgehead atoms. The van der Waals surface area contributed by atoms with Crippen LogP contribution < -0.4 is 5.32 Å². The minimum atomic E-state index is -0.335. The van der Waals surface area contributed by atoms with Crippen molar-refractivity contribution in [3.05, 3.63) is 81.5 Å². The van der Waals surface area contributed by atoms with Crippen molar-refractivity contribution in [2.75, 3.05) is 31.6 Å². The van der Waals surface area contributed by atoms with Crippen LogP contribution in [0.25, 0.3) is 5.65 Å². The Hall–Kier alpha value is -3.07. The van der Waals surface area contributed by atoms with Gasteiger partial charge in [-0.2, -0.15) is 0 Å². The molecular formula is C31H38ClFN6O. The molecule has 0 spiro atoms. The Labute approximate surface area is 240 Å². The van der Waals surface area contributed by atoms with Crippen LogP contribution in [0.5, 0.6) is 0 Å². The minimum Gasteiger partial charge on any atom is -0.379 e. The normalized spacial score (nSPS) is 15.0. The average Bonchev–Trinajstić information content (AvgIpc) is 3.26. The van der Waals surface area contributed by atoms with Crippen LogP contribution in [0.1, 0.15) is 73.5 Å². The maximum atomic E-state index is 14.7. The number of aryl methyl sites for hydroxylation is 1. The van der Waals surface area contributed by atoms with E-state index < -0.39 is 0 Å². The molecule has 1 aliphatic heterocycles. The van der Waals surface area contributed by atoms with E-state index in [0.717, 1.165) is 48.1 Å². The summed E-state index contributed by atoms with van der Waals surface area (Å²) in [5.41, 5.74) is 5.29. The standard InChI is InChI=1S/C31H38ClFN6O/c1-4-5-6-7-21(2)24-9-11-29(34-19-24)36-30-17-25(20-38-12-14-40-15-13-38)31-35-22(3)28(39(31)37-30)16-23-8-10-26(32)18-27(23)33/h8-11,17-19,21H,4-7,12-16,20H2,1-3H3,(H,34,36,37). The summed E-state index contributed by atoms with van der Waals surface area (Å²) < 4.78 is 22.1. The van der Waals surface area contributed by atoms with Gasteiger partial charge in [0.2, 0.25) is 0 Å². The number of rotatable bonds is 11. The van der Waals surface area contributed by atoms with Gasteiger partial charge >= 0.3 is 0 Å². The van der Waals surface area contributed by atoms with Crippen molar-refractivity contribution in [1.29, 1.82) is 0 Å². The number of halogens is 2. The van der Waals surface area contributed by atoms with Crippen molar-refractivity contribution >= 4 is 28.9 Å². The van der Waals surface area contributed by atoms with E-state index in [1.165, 1.54) is 37.3 Å². The Bertz CT molecular complexity index is 1430. The van der Waals surface area contributed by atoms with Crippen molar-refractivity contribution in [3.8, 4) is 0 Å². The van der Waals surface area contributed by atoms with Gasteiger partial charge in [-0.3, -0.25) is 4.90 Å². The Morgan fingerprint density at radius 2 is 1.90 bits per heavy atom. The Morgan fingerprint density at radius 3 is 2.62 bits per heavy atom. The van der Waals surface area contributed by atoms with E-state index in [1.807, 2.05) is 29.8 Å². The van der Waals surface area contributed by atoms with E-state index in [4.69, 9.17) is 31.4 Å². The lowest BCUT2D eigenvalue weighted by molar-refractivity contribution is 0.0343. The summed E-state index contributed by atoms with van der Waals surface area (Å²) in [5.74, 6) is 1.54. The molecule has 40 heavy (non-hydrogen) atoms. The zero-order valence-electron chi connectivity index (χ0n) is 23.6. The first-order chi connectivity index (χ1) is 19.4. The molecule has 5 rings (SSSR count). The minimum absolute atomic E-state index is 0.335. The van der Waals surface area contributed by atoms with Gasteiger partial charge in [0.05, 0.1) is 24.6 Å². The fourth-order valence-corrected chi connectivity index (χ4v) is 5.39. The second kappa shape index (κ2) is 13.1. The highest BCUT2D eigenvalue weighted by Gasteiger charge is 2.20. The van der Waals surface area contributed by atoms with Crippen LogP contribution in [-0.4, -0.2) is 50.8 Å². The van der Waals surface area contributed by atoms with Crippen LogP contribution >= 0.6 is 11.6 Å². The number of aromatic nitrogens is 4. The largest absolute Gasteiger partial charge is 0.379 e.